The summed E-state index contributed by atoms with van der Waals surface area (Å²) in [5, 5.41) is 5.47. The average molecular weight is 312 g/mol. The lowest BCUT2D eigenvalue weighted by atomic mass is 10.1. The molecule has 0 aromatic carbocycles. The predicted octanol–water partition coefficient (Wildman–Crippen LogP) is 1.27. The van der Waals surface area contributed by atoms with Crippen LogP contribution >= 0.6 is 0 Å². The highest BCUT2D eigenvalue weighted by molar-refractivity contribution is 5.74. The number of amides is 2. The van der Waals surface area contributed by atoms with Crippen molar-refractivity contribution in [2.24, 2.45) is 0 Å². The molecular formula is C16H20N6O. The standard InChI is InChI=1S/C16H20N6O/c1-10-11(2)19-14(12-4-6-18-7-5-12)21-15(10)22-8-13(9-22)20-16(23)17-3/h4-7,13H,8-9H2,1-3H3,(H2,17,20,23). The van der Waals surface area contributed by atoms with Crippen molar-refractivity contribution in [3.63, 3.8) is 0 Å². The Morgan fingerprint density at radius 2 is 1.91 bits per heavy atom. The molecule has 7 nitrogen and oxygen atoms in total. The van der Waals surface area contributed by atoms with Gasteiger partial charge < -0.3 is 15.5 Å². The van der Waals surface area contributed by atoms with Crippen LogP contribution in [0.4, 0.5) is 10.6 Å². The Morgan fingerprint density at radius 3 is 2.57 bits per heavy atom. The van der Waals surface area contributed by atoms with Crippen molar-refractivity contribution in [3.8, 4) is 11.4 Å². The van der Waals surface area contributed by atoms with Gasteiger partial charge in [0.1, 0.15) is 5.82 Å². The predicted molar refractivity (Wildman–Crippen MR) is 88.3 cm³/mol. The van der Waals surface area contributed by atoms with Gasteiger partial charge in [-0.2, -0.15) is 0 Å². The minimum atomic E-state index is -0.150. The van der Waals surface area contributed by atoms with Gasteiger partial charge in [0.25, 0.3) is 0 Å². The normalized spacial score (nSPS) is 14.3. The fourth-order valence-electron chi connectivity index (χ4n) is 2.55. The molecule has 0 aliphatic carbocycles. The van der Waals surface area contributed by atoms with E-state index in [9.17, 15) is 4.79 Å². The van der Waals surface area contributed by atoms with E-state index in [0.29, 0.717) is 5.82 Å². The van der Waals surface area contributed by atoms with Gasteiger partial charge in [0.05, 0.1) is 6.04 Å². The number of nitrogens with zero attached hydrogens (tertiary/aromatic N) is 4. The lowest BCUT2D eigenvalue weighted by Gasteiger charge is -2.41. The summed E-state index contributed by atoms with van der Waals surface area (Å²) in [6, 6.07) is 3.80. The molecular weight excluding hydrogens is 292 g/mol. The van der Waals surface area contributed by atoms with Crippen LogP contribution in [0.2, 0.25) is 0 Å². The minimum Gasteiger partial charge on any atom is -0.352 e. The van der Waals surface area contributed by atoms with Crippen LogP contribution in [0.3, 0.4) is 0 Å². The quantitative estimate of drug-likeness (QED) is 0.892. The summed E-state index contributed by atoms with van der Waals surface area (Å²) < 4.78 is 0. The van der Waals surface area contributed by atoms with Crippen LogP contribution < -0.4 is 15.5 Å². The summed E-state index contributed by atoms with van der Waals surface area (Å²) in [5.74, 6) is 1.63. The average Bonchev–Trinajstić information content (AvgIpc) is 2.54. The number of pyridine rings is 1. The molecule has 0 unspecified atom stereocenters. The fourth-order valence-corrected chi connectivity index (χ4v) is 2.55. The van der Waals surface area contributed by atoms with Gasteiger partial charge in [-0.1, -0.05) is 0 Å². The summed E-state index contributed by atoms with van der Waals surface area (Å²) in [6.45, 7) is 5.52. The topological polar surface area (TPSA) is 83.0 Å². The van der Waals surface area contributed by atoms with Crippen molar-refractivity contribution in [3.05, 3.63) is 35.8 Å². The van der Waals surface area contributed by atoms with Crippen LogP contribution in [0.25, 0.3) is 11.4 Å². The first-order valence-electron chi connectivity index (χ1n) is 7.57. The lowest BCUT2D eigenvalue weighted by Crippen LogP contribution is -2.61. The number of aryl methyl sites for hydroxylation is 1. The van der Waals surface area contributed by atoms with E-state index < -0.39 is 0 Å². The fraction of sp³-hybridized carbons (Fsp3) is 0.375. The molecule has 2 amide bonds. The van der Waals surface area contributed by atoms with E-state index in [-0.39, 0.29) is 12.1 Å². The number of hydrogen-bond acceptors (Lipinski definition) is 5. The van der Waals surface area contributed by atoms with Crippen molar-refractivity contribution in [1.82, 2.24) is 25.6 Å². The van der Waals surface area contributed by atoms with Gasteiger partial charge >= 0.3 is 6.03 Å². The van der Waals surface area contributed by atoms with Crippen molar-refractivity contribution < 1.29 is 4.79 Å². The number of nitrogens with one attached hydrogen (secondary N) is 2. The Kier molecular flexibility index (Phi) is 4.10. The summed E-state index contributed by atoms with van der Waals surface area (Å²) in [4.78, 5) is 26.8. The van der Waals surface area contributed by atoms with E-state index in [2.05, 4.69) is 25.5 Å². The number of urea groups is 1. The van der Waals surface area contributed by atoms with Gasteiger partial charge in [0, 0.05) is 49.4 Å². The lowest BCUT2D eigenvalue weighted by molar-refractivity contribution is 0.236. The molecule has 2 aromatic rings. The van der Waals surface area contributed by atoms with E-state index in [0.717, 1.165) is 35.7 Å². The molecule has 1 aliphatic rings. The molecule has 120 valence electrons. The van der Waals surface area contributed by atoms with Crippen LogP contribution in [-0.2, 0) is 0 Å². The second-order valence-corrected chi connectivity index (χ2v) is 5.64. The Labute approximate surface area is 135 Å². The van der Waals surface area contributed by atoms with Crippen LogP contribution in [0.15, 0.2) is 24.5 Å². The molecule has 3 heterocycles. The molecule has 1 aliphatic heterocycles. The van der Waals surface area contributed by atoms with Gasteiger partial charge in [-0.25, -0.2) is 14.8 Å². The first-order chi connectivity index (χ1) is 11.1. The number of carbonyl (C=O) groups excluding carboxylic acids is 1. The highest BCUT2D eigenvalue weighted by atomic mass is 16.2. The molecule has 1 saturated heterocycles. The van der Waals surface area contributed by atoms with Crippen LogP contribution in [0.1, 0.15) is 11.3 Å². The molecule has 23 heavy (non-hydrogen) atoms. The highest BCUT2D eigenvalue weighted by Gasteiger charge is 2.30. The van der Waals surface area contributed by atoms with Gasteiger partial charge in [-0.05, 0) is 26.0 Å². The highest BCUT2D eigenvalue weighted by Crippen LogP contribution is 2.27. The molecule has 0 saturated carbocycles. The Bertz CT molecular complexity index is 712. The number of hydrogen-bond donors (Lipinski definition) is 2. The van der Waals surface area contributed by atoms with Crippen molar-refractivity contribution >= 4 is 11.8 Å². The first-order valence-corrected chi connectivity index (χ1v) is 7.57. The van der Waals surface area contributed by atoms with Crippen LogP contribution in [-0.4, -0.2) is 47.2 Å². The SMILES string of the molecule is CNC(=O)NC1CN(c2nc(-c3ccncc3)nc(C)c2C)C1. The maximum Gasteiger partial charge on any atom is 0.314 e. The summed E-state index contributed by atoms with van der Waals surface area (Å²) >= 11 is 0. The van der Waals surface area contributed by atoms with Crippen molar-refractivity contribution in [2.75, 3.05) is 25.0 Å². The summed E-state index contributed by atoms with van der Waals surface area (Å²) in [6.07, 6.45) is 3.47. The van der Waals surface area contributed by atoms with Gasteiger partial charge in [0.2, 0.25) is 0 Å². The summed E-state index contributed by atoms with van der Waals surface area (Å²) in [7, 11) is 1.62. The molecule has 3 rings (SSSR count). The summed E-state index contributed by atoms with van der Waals surface area (Å²) in [5.41, 5.74) is 2.98. The number of carbonyl (C=O) groups is 1. The zero-order chi connectivity index (χ0) is 16.4. The maximum absolute atomic E-state index is 11.3. The van der Waals surface area contributed by atoms with Gasteiger partial charge in [-0.3, -0.25) is 4.98 Å². The Morgan fingerprint density at radius 1 is 1.22 bits per heavy atom. The zero-order valence-electron chi connectivity index (χ0n) is 13.5. The third-order valence-electron chi connectivity index (χ3n) is 4.05. The van der Waals surface area contributed by atoms with E-state index in [1.165, 1.54) is 0 Å². The van der Waals surface area contributed by atoms with Crippen LogP contribution in [0, 0.1) is 13.8 Å². The van der Waals surface area contributed by atoms with E-state index >= 15 is 0 Å². The van der Waals surface area contributed by atoms with Gasteiger partial charge in [0.15, 0.2) is 5.82 Å². The monoisotopic (exact) mass is 312 g/mol. The van der Waals surface area contributed by atoms with E-state index in [4.69, 9.17) is 4.98 Å². The molecule has 2 N–H and O–H groups in total. The molecule has 1 fully saturated rings. The van der Waals surface area contributed by atoms with Crippen molar-refractivity contribution in [1.29, 1.82) is 0 Å². The third kappa shape index (κ3) is 3.08. The van der Waals surface area contributed by atoms with Crippen LogP contribution in [0.5, 0.6) is 0 Å². The van der Waals surface area contributed by atoms with E-state index in [1.807, 2.05) is 26.0 Å². The first kappa shape index (κ1) is 15.2. The maximum atomic E-state index is 11.3. The number of rotatable bonds is 3. The second kappa shape index (κ2) is 6.20. The minimum absolute atomic E-state index is 0.147. The Balaban J connectivity index is 1.81. The second-order valence-electron chi connectivity index (χ2n) is 5.64. The molecule has 0 atom stereocenters. The largest absolute Gasteiger partial charge is 0.352 e. The third-order valence-corrected chi connectivity index (χ3v) is 4.05. The Hall–Kier alpha value is -2.70. The molecule has 0 bridgehead atoms. The molecule has 7 heteroatoms. The van der Waals surface area contributed by atoms with E-state index in [1.54, 1.807) is 19.4 Å². The van der Waals surface area contributed by atoms with Gasteiger partial charge in [-0.15, -0.1) is 0 Å². The smallest absolute Gasteiger partial charge is 0.314 e. The molecule has 0 spiro atoms. The molecule has 2 aromatic heterocycles. The number of anilines is 1. The zero-order valence-corrected chi connectivity index (χ0v) is 13.5. The number of aromatic nitrogens is 3. The van der Waals surface area contributed by atoms with Crippen molar-refractivity contribution in [2.45, 2.75) is 19.9 Å². The molecule has 0 radical (unpaired) electrons.